The quantitative estimate of drug-likeness (QED) is 0.757. The molecule has 0 heterocycles. The Bertz CT molecular complexity index is 240. The number of ether oxygens (including phenoxy) is 1. The highest BCUT2D eigenvalue weighted by atomic mass is 16.5. The highest BCUT2D eigenvalue weighted by Crippen LogP contribution is 2.49. The van der Waals surface area contributed by atoms with Gasteiger partial charge < -0.3 is 9.84 Å². The van der Waals surface area contributed by atoms with E-state index in [9.17, 15) is 4.79 Å². The van der Waals surface area contributed by atoms with E-state index in [4.69, 9.17) is 9.84 Å². The van der Waals surface area contributed by atoms with Crippen LogP contribution in [0.1, 0.15) is 51.4 Å². The number of carboxylic acid groups (broad SMARTS) is 1. The molecule has 0 aliphatic heterocycles. The first kappa shape index (κ1) is 11.9. The number of rotatable bonds is 6. The molecule has 0 unspecified atom stereocenters. The molecular weight excluding hydrogens is 204 g/mol. The molecule has 0 radical (unpaired) electrons. The molecule has 2 rings (SSSR count). The second-order valence-corrected chi connectivity index (χ2v) is 5.59. The molecule has 1 N–H and O–H groups in total. The molecule has 0 bridgehead atoms. The second kappa shape index (κ2) is 5.17. The van der Waals surface area contributed by atoms with Gasteiger partial charge in [-0.3, -0.25) is 4.79 Å². The van der Waals surface area contributed by atoms with Crippen LogP contribution >= 0.6 is 0 Å². The van der Waals surface area contributed by atoms with Crippen molar-refractivity contribution in [3.63, 3.8) is 0 Å². The Labute approximate surface area is 97.2 Å². The monoisotopic (exact) mass is 226 g/mol. The zero-order valence-corrected chi connectivity index (χ0v) is 9.91. The van der Waals surface area contributed by atoms with Gasteiger partial charge in [-0.1, -0.05) is 19.3 Å². The standard InChI is InChI=1S/C13H22O3/c14-12(15)8-13(6-7-13)10-16-9-11-4-2-1-3-5-11/h11H,1-10H2,(H,14,15). The van der Waals surface area contributed by atoms with E-state index in [0.717, 1.165) is 25.4 Å². The molecule has 0 spiro atoms. The summed E-state index contributed by atoms with van der Waals surface area (Å²) in [5.74, 6) is 0.0492. The topological polar surface area (TPSA) is 46.5 Å². The van der Waals surface area contributed by atoms with Gasteiger partial charge in [0.05, 0.1) is 13.0 Å². The van der Waals surface area contributed by atoms with E-state index in [2.05, 4.69) is 0 Å². The fourth-order valence-electron chi connectivity index (χ4n) is 2.67. The summed E-state index contributed by atoms with van der Waals surface area (Å²) in [6.07, 6.45) is 9.01. The molecule has 0 saturated heterocycles. The predicted octanol–water partition coefficient (Wildman–Crippen LogP) is 2.84. The van der Waals surface area contributed by atoms with Gasteiger partial charge >= 0.3 is 5.97 Å². The van der Waals surface area contributed by atoms with Crippen LogP contribution in [0.3, 0.4) is 0 Å². The third-order valence-corrected chi connectivity index (χ3v) is 3.97. The molecule has 3 heteroatoms. The lowest BCUT2D eigenvalue weighted by atomic mass is 9.90. The summed E-state index contributed by atoms with van der Waals surface area (Å²) in [5.41, 5.74) is 0.000496. The normalized spacial score (nSPS) is 24.2. The second-order valence-electron chi connectivity index (χ2n) is 5.59. The molecule has 2 aliphatic carbocycles. The maximum Gasteiger partial charge on any atom is 0.303 e. The minimum absolute atomic E-state index is 0.000496. The third kappa shape index (κ3) is 3.48. The molecule has 0 aromatic carbocycles. The van der Waals surface area contributed by atoms with Crippen LogP contribution < -0.4 is 0 Å². The number of hydrogen-bond acceptors (Lipinski definition) is 2. The molecule has 92 valence electrons. The smallest absolute Gasteiger partial charge is 0.303 e. The molecule has 0 atom stereocenters. The summed E-state index contributed by atoms with van der Waals surface area (Å²) in [4.78, 5) is 10.7. The van der Waals surface area contributed by atoms with E-state index in [1.807, 2.05) is 0 Å². The molecule has 2 aliphatic rings. The predicted molar refractivity (Wildman–Crippen MR) is 61.3 cm³/mol. The Hall–Kier alpha value is -0.570. The zero-order valence-electron chi connectivity index (χ0n) is 9.91. The Morgan fingerprint density at radius 1 is 1.25 bits per heavy atom. The van der Waals surface area contributed by atoms with Gasteiger partial charge in [0.25, 0.3) is 0 Å². The van der Waals surface area contributed by atoms with Crippen LogP contribution in [0.25, 0.3) is 0 Å². The number of carboxylic acids is 1. The summed E-state index contributed by atoms with van der Waals surface area (Å²) in [5, 5.41) is 8.78. The molecular formula is C13H22O3. The molecule has 3 nitrogen and oxygen atoms in total. The van der Waals surface area contributed by atoms with Crippen molar-refractivity contribution >= 4 is 5.97 Å². The van der Waals surface area contributed by atoms with Gasteiger partial charge in [0.2, 0.25) is 0 Å². The lowest BCUT2D eigenvalue weighted by molar-refractivity contribution is -0.139. The average Bonchev–Trinajstić information content (AvgIpc) is 2.99. The minimum atomic E-state index is -0.682. The van der Waals surface area contributed by atoms with Crippen LogP contribution in [0, 0.1) is 11.3 Å². The highest BCUT2D eigenvalue weighted by Gasteiger charge is 2.44. The summed E-state index contributed by atoms with van der Waals surface area (Å²) in [7, 11) is 0. The summed E-state index contributed by atoms with van der Waals surface area (Å²) in [6.45, 7) is 1.51. The first-order valence-electron chi connectivity index (χ1n) is 6.50. The molecule has 0 aromatic rings. The van der Waals surface area contributed by atoms with Gasteiger partial charge in [-0.05, 0) is 31.6 Å². The Balaban J connectivity index is 1.62. The maximum absolute atomic E-state index is 10.7. The van der Waals surface area contributed by atoms with Crippen LogP contribution in [0.15, 0.2) is 0 Å². The summed E-state index contributed by atoms with van der Waals surface area (Å²) in [6, 6.07) is 0. The molecule has 2 fully saturated rings. The summed E-state index contributed by atoms with van der Waals surface area (Å²) < 4.78 is 5.74. The van der Waals surface area contributed by atoms with E-state index in [-0.39, 0.29) is 11.8 Å². The van der Waals surface area contributed by atoms with Crippen molar-refractivity contribution in [2.45, 2.75) is 51.4 Å². The van der Waals surface area contributed by atoms with Crippen molar-refractivity contribution in [2.24, 2.45) is 11.3 Å². The van der Waals surface area contributed by atoms with Crippen LogP contribution in [0.5, 0.6) is 0 Å². The number of carbonyl (C=O) groups is 1. The molecule has 2 saturated carbocycles. The van der Waals surface area contributed by atoms with Crippen molar-refractivity contribution in [3.8, 4) is 0 Å². The largest absolute Gasteiger partial charge is 0.481 e. The maximum atomic E-state index is 10.7. The summed E-state index contributed by atoms with van der Waals surface area (Å²) >= 11 is 0. The van der Waals surface area contributed by atoms with Gasteiger partial charge in [0.15, 0.2) is 0 Å². The Morgan fingerprint density at radius 3 is 2.50 bits per heavy atom. The number of hydrogen-bond donors (Lipinski definition) is 1. The lowest BCUT2D eigenvalue weighted by Crippen LogP contribution is -2.19. The van der Waals surface area contributed by atoms with Crippen LogP contribution in [0.4, 0.5) is 0 Å². The van der Waals surface area contributed by atoms with Crippen molar-refractivity contribution in [3.05, 3.63) is 0 Å². The first-order chi connectivity index (χ1) is 7.70. The van der Waals surface area contributed by atoms with Crippen molar-refractivity contribution in [1.82, 2.24) is 0 Å². The van der Waals surface area contributed by atoms with E-state index >= 15 is 0 Å². The van der Waals surface area contributed by atoms with E-state index in [1.165, 1.54) is 32.1 Å². The highest BCUT2D eigenvalue weighted by molar-refractivity contribution is 5.68. The Kier molecular flexibility index (Phi) is 3.85. The first-order valence-corrected chi connectivity index (χ1v) is 6.50. The minimum Gasteiger partial charge on any atom is -0.481 e. The van der Waals surface area contributed by atoms with E-state index in [1.54, 1.807) is 0 Å². The van der Waals surface area contributed by atoms with Gasteiger partial charge in [0.1, 0.15) is 0 Å². The van der Waals surface area contributed by atoms with E-state index < -0.39 is 5.97 Å². The lowest BCUT2D eigenvalue weighted by Gasteiger charge is -2.22. The molecule has 0 amide bonds. The third-order valence-electron chi connectivity index (χ3n) is 3.97. The van der Waals surface area contributed by atoms with Gasteiger partial charge in [-0.15, -0.1) is 0 Å². The van der Waals surface area contributed by atoms with Crippen LogP contribution in [-0.2, 0) is 9.53 Å². The van der Waals surface area contributed by atoms with Gasteiger partial charge in [-0.25, -0.2) is 0 Å². The van der Waals surface area contributed by atoms with Crippen LogP contribution in [0.2, 0.25) is 0 Å². The van der Waals surface area contributed by atoms with Crippen LogP contribution in [-0.4, -0.2) is 24.3 Å². The van der Waals surface area contributed by atoms with Crippen molar-refractivity contribution in [1.29, 1.82) is 0 Å². The fraction of sp³-hybridized carbons (Fsp3) is 0.923. The SMILES string of the molecule is O=C(O)CC1(COCC2CCCCC2)CC1. The number of aliphatic carboxylic acids is 1. The zero-order chi connectivity index (χ0) is 11.4. The van der Waals surface area contributed by atoms with Crippen molar-refractivity contribution < 1.29 is 14.6 Å². The Morgan fingerprint density at radius 2 is 1.94 bits per heavy atom. The molecule has 0 aromatic heterocycles. The van der Waals surface area contributed by atoms with Gasteiger partial charge in [0, 0.05) is 12.0 Å². The van der Waals surface area contributed by atoms with E-state index in [0.29, 0.717) is 6.61 Å². The fourth-order valence-corrected chi connectivity index (χ4v) is 2.67. The van der Waals surface area contributed by atoms with Gasteiger partial charge in [-0.2, -0.15) is 0 Å². The average molecular weight is 226 g/mol. The molecule has 16 heavy (non-hydrogen) atoms. The van der Waals surface area contributed by atoms with Crippen molar-refractivity contribution in [2.75, 3.05) is 13.2 Å².